The fraction of sp³-hybridized carbons (Fsp3) is 0.188. The van der Waals surface area contributed by atoms with Gasteiger partial charge < -0.3 is 9.84 Å². The molecule has 0 aliphatic heterocycles. The van der Waals surface area contributed by atoms with Crippen molar-refractivity contribution in [1.29, 1.82) is 5.26 Å². The zero-order valence-electron chi connectivity index (χ0n) is 11.0. The predicted molar refractivity (Wildman–Crippen MR) is 77.9 cm³/mol. The van der Waals surface area contributed by atoms with E-state index in [0.29, 0.717) is 22.9 Å². The molecule has 1 atom stereocenters. The van der Waals surface area contributed by atoms with E-state index in [0.717, 1.165) is 11.1 Å². The van der Waals surface area contributed by atoms with Gasteiger partial charge in [-0.25, -0.2) is 0 Å². The fourth-order valence-electron chi connectivity index (χ4n) is 1.75. The van der Waals surface area contributed by atoms with Gasteiger partial charge in [0.2, 0.25) is 0 Å². The topological polar surface area (TPSA) is 53.2 Å². The maximum atomic E-state index is 9.48. The van der Waals surface area contributed by atoms with Crippen LogP contribution in [0, 0.1) is 11.3 Å². The van der Waals surface area contributed by atoms with Crippen molar-refractivity contribution in [2.24, 2.45) is 0 Å². The maximum Gasteiger partial charge on any atom is 0.146 e. The molecular formula is C16H14ClNO2. The van der Waals surface area contributed by atoms with Crippen LogP contribution in [-0.4, -0.2) is 5.11 Å². The van der Waals surface area contributed by atoms with Gasteiger partial charge in [0, 0.05) is 0 Å². The van der Waals surface area contributed by atoms with Crippen LogP contribution in [0.4, 0.5) is 0 Å². The number of aliphatic hydroxyl groups excluding tert-OH is 1. The third-order valence-electron chi connectivity index (χ3n) is 2.87. The number of rotatable bonds is 4. The lowest BCUT2D eigenvalue weighted by molar-refractivity contribution is 0.199. The van der Waals surface area contributed by atoms with Gasteiger partial charge in [-0.2, -0.15) is 5.26 Å². The van der Waals surface area contributed by atoms with Crippen LogP contribution in [0.15, 0.2) is 42.5 Å². The van der Waals surface area contributed by atoms with Gasteiger partial charge in [-0.3, -0.25) is 0 Å². The summed E-state index contributed by atoms with van der Waals surface area (Å²) < 4.78 is 5.68. The monoisotopic (exact) mass is 287 g/mol. The maximum absolute atomic E-state index is 9.48. The summed E-state index contributed by atoms with van der Waals surface area (Å²) in [6.45, 7) is 1.68. The van der Waals surface area contributed by atoms with E-state index >= 15 is 0 Å². The van der Waals surface area contributed by atoms with Crippen LogP contribution in [0.5, 0.6) is 11.5 Å². The van der Waals surface area contributed by atoms with Gasteiger partial charge in [-0.1, -0.05) is 29.8 Å². The summed E-state index contributed by atoms with van der Waals surface area (Å²) in [5.74, 6) is 1.18. The average Bonchev–Trinajstić information content (AvgIpc) is 2.43. The summed E-state index contributed by atoms with van der Waals surface area (Å²) in [6, 6.07) is 14.6. The van der Waals surface area contributed by atoms with Gasteiger partial charge in [0.25, 0.3) is 0 Å². The summed E-state index contributed by atoms with van der Waals surface area (Å²) >= 11 is 6.13. The number of hydrogen-bond acceptors (Lipinski definition) is 3. The van der Waals surface area contributed by atoms with Crippen LogP contribution < -0.4 is 4.74 Å². The first kappa shape index (κ1) is 14.4. The van der Waals surface area contributed by atoms with Gasteiger partial charge >= 0.3 is 0 Å². The molecule has 4 heteroatoms. The zero-order valence-corrected chi connectivity index (χ0v) is 11.8. The second-order valence-electron chi connectivity index (χ2n) is 4.45. The Balaban J connectivity index is 2.15. The van der Waals surface area contributed by atoms with Crippen LogP contribution in [0.25, 0.3) is 0 Å². The van der Waals surface area contributed by atoms with Crippen LogP contribution in [0.3, 0.4) is 0 Å². The van der Waals surface area contributed by atoms with Gasteiger partial charge in [0.1, 0.15) is 11.5 Å². The molecular weight excluding hydrogens is 274 g/mol. The Morgan fingerprint density at radius 3 is 2.50 bits per heavy atom. The average molecular weight is 288 g/mol. The molecule has 0 saturated heterocycles. The van der Waals surface area contributed by atoms with Crippen LogP contribution in [-0.2, 0) is 6.42 Å². The Bertz CT molecular complexity index is 630. The van der Waals surface area contributed by atoms with E-state index < -0.39 is 6.10 Å². The minimum atomic E-state index is -0.563. The third kappa shape index (κ3) is 3.51. The lowest BCUT2D eigenvalue weighted by atomic mass is 10.1. The molecule has 0 aliphatic carbocycles. The highest BCUT2D eigenvalue weighted by Crippen LogP contribution is 2.31. The molecule has 0 heterocycles. The number of benzene rings is 2. The summed E-state index contributed by atoms with van der Waals surface area (Å²) in [5.41, 5.74) is 1.68. The first-order valence-corrected chi connectivity index (χ1v) is 6.59. The molecule has 0 aliphatic rings. The Labute approximate surface area is 123 Å². The van der Waals surface area contributed by atoms with Crippen molar-refractivity contribution < 1.29 is 9.84 Å². The van der Waals surface area contributed by atoms with Gasteiger partial charge in [-0.05, 0) is 42.3 Å². The Morgan fingerprint density at radius 1 is 1.25 bits per heavy atom. The lowest BCUT2D eigenvalue weighted by Gasteiger charge is -2.10. The van der Waals surface area contributed by atoms with Crippen molar-refractivity contribution in [1.82, 2.24) is 0 Å². The van der Waals surface area contributed by atoms with Crippen molar-refractivity contribution >= 4 is 11.6 Å². The molecule has 2 aromatic rings. The molecule has 2 aromatic carbocycles. The summed E-state index contributed by atoms with van der Waals surface area (Å²) in [6.07, 6.45) is -0.184. The molecule has 1 N–H and O–H groups in total. The minimum absolute atomic E-state index is 0.379. The van der Waals surface area contributed by atoms with Crippen LogP contribution >= 0.6 is 11.6 Å². The first-order chi connectivity index (χ1) is 9.60. The lowest BCUT2D eigenvalue weighted by Crippen LogP contribution is -1.92. The normalized spacial score (nSPS) is 11.7. The van der Waals surface area contributed by atoms with Crippen molar-refractivity contribution in [2.45, 2.75) is 19.4 Å². The smallest absolute Gasteiger partial charge is 0.146 e. The second kappa shape index (κ2) is 6.42. The van der Waals surface area contributed by atoms with E-state index in [1.54, 1.807) is 37.3 Å². The van der Waals surface area contributed by atoms with Crippen molar-refractivity contribution in [3.05, 3.63) is 58.6 Å². The largest absolute Gasteiger partial charge is 0.456 e. The molecule has 102 valence electrons. The minimum Gasteiger partial charge on any atom is -0.456 e. The van der Waals surface area contributed by atoms with Crippen LogP contribution in [0.2, 0.25) is 5.02 Å². The number of aliphatic hydroxyl groups is 1. The van der Waals surface area contributed by atoms with Crippen molar-refractivity contribution in [2.75, 3.05) is 0 Å². The molecule has 0 bridgehead atoms. The summed E-state index contributed by atoms with van der Waals surface area (Å²) in [5, 5.41) is 18.5. The molecule has 0 spiro atoms. The molecule has 0 radical (unpaired) electrons. The van der Waals surface area contributed by atoms with E-state index in [4.69, 9.17) is 21.6 Å². The Kier molecular flexibility index (Phi) is 4.62. The predicted octanol–water partition coefficient (Wildman–Crippen LogP) is 4.25. The van der Waals surface area contributed by atoms with E-state index in [1.807, 2.05) is 12.1 Å². The quantitative estimate of drug-likeness (QED) is 0.914. The first-order valence-electron chi connectivity index (χ1n) is 6.21. The van der Waals surface area contributed by atoms with E-state index in [9.17, 15) is 5.11 Å². The number of nitrogens with zero attached hydrogens (tertiary/aromatic N) is 1. The molecule has 0 fully saturated rings. The van der Waals surface area contributed by atoms with Crippen LogP contribution in [0.1, 0.15) is 24.2 Å². The van der Waals surface area contributed by atoms with Gasteiger partial charge in [0.15, 0.2) is 0 Å². The molecule has 0 amide bonds. The highest BCUT2D eigenvalue weighted by atomic mass is 35.5. The molecule has 20 heavy (non-hydrogen) atoms. The number of halogens is 1. The third-order valence-corrected chi connectivity index (χ3v) is 3.17. The molecule has 0 saturated carbocycles. The SMILES string of the molecule is C[C@H](O)c1ccc(Oc2ccc(CC#N)cc2)c(Cl)c1. The zero-order chi connectivity index (χ0) is 14.5. The van der Waals surface area contributed by atoms with E-state index in [2.05, 4.69) is 6.07 Å². The fourth-order valence-corrected chi connectivity index (χ4v) is 1.98. The number of ether oxygens (including phenoxy) is 1. The number of nitriles is 1. The summed E-state index contributed by atoms with van der Waals surface area (Å²) in [7, 11) is 0. The second-order valence-corrected chi connectivity index (χ2v) is 4.85. The molecule has 2 rings (SSSR count). The Hall–Kier alpha value is -2.02. The highest BCUT2D eigenvalue weighted by molar-refractivity contribution is 6.32. The summed E-state index contributed by atoms with van der Waals surface area (Å²) in [4.78, 5) is 0. The molecule has 0 aromatic heterocycles. The van der Waals surface area contributed by atoms with E-state index in [1.165, 1.54) is 0 Å². The molecule has 0 unspecified atom stereocenters. The van der Waals surface area contributed by atoms with E-state index in [-0.39, 0.29) is 0 Å². The van der Waals surface area contributed by atoms with Crippen molar-refractivity contribution in [3.8, 4) is 17.6 Å². The highest BCUT2D eigenvalue weighted by Gasteiger charge is 2.07. The Morgan fingerprint density at radius 2 is 1.95 bits per heavy atom. The standard InChI is InChI=1S/C16H14ClNO2/c1-11(19)13-4-7-16(15(17)10-13)20-14-5-2-12(3-6-14)8-9-18/h2-7,10-11,19H,8H2,1H3/t11-/m0/s1. The number of hydrogen-bond donors (Lipinski definition) is 1. The molecule has 3 nitrogen and oxygen atoms in total. The van der Waals surface area contributed by atoms with Gasteiger partial charge in [-0.15, -0.1) is 0 Å². The van der Waals surface area contributed by atoms with Gasteiger partial charge in [0.05, 0.1) is 23.6 Å². The van der Waals surface area contributed by atoms with Crippen molar-refractivity contribution in [3.63, 3.8) is 0 Å².